The van der Waals surface area contributed by atoms with E-state index in [1.165, 1.54) is 6.07 Å². The number of piperazine rings is 1. The van der Waals surface area contributed by atoms with Crippen molar-refractivity contribution in [2.75, 3.05) is 58.2 Å². The van der Waals surface area contributed by atoms with Gasteiger partial charge in [-0.2, -0.15) is 0 Å². The molecule has 0 atom stereocenters. The maximum absolute atomic E-state index is 13.8. The van der Waals surface area contributed by atoms with Gasteiger partial charge in [-0.15, -0.1) is 0 Å². The molecule has 0 aliphatic carbocycles. The van der Waals surface area contributed by atoms with Gasteiger partial charge in [0.05, 0.1) is 12.8 Å². The van der Waals surface area contributed by atoms with Gasteiger partial charge >= 0.3 is 6.03 Å². The molecule has 0 radical (unpaired) electrons. The number of ether oxygens (including phenoxy) is 1. The maximum atomic E-state index is 13.8. The zero-order chi connectivity index (χ0) is 25.8. The average Bonchev–Trinajstić information content (AvgIpc) is 2.91. The second kappa shape index (κ2) is 14.2. The number of halogens is 1. The van der Waals surface area contributed by atoms with Crippen LogP contribution in [0.2, 0.25) is 0 Å². The summed E-state index contributed by atoms with van der Waals surface area (Å²) in [5, 5.41) is 2.65. The number of carbonyl (C=O) groups excluding carboxylic acids is 2. The van der Waals surface area contributed by atoms with Gasteiger partial charge in [0.15, 0.2) is 0 Å². The van der Waals surface area contributed by atoms with Gasteiger partial charge in [-0.25, -0.2) is 9.18 Å². The van der Waals surface area contributed by atoms with Crippen LogP contribution in [0, 0.1) is 5.82 Å². The normalized spacial score (nSPS) is 14.1. The second-order valence-corrected chi connectivity index (χ2v) is 8.83. The maximum Gasteiger partial charge on any atom is 0.322 e. The molecule has 1 N–H and O–H groups in total. The van der Waals surface area contributed by atoms with Crippen LogP contribution in [0.4, 0.5) is 14.9 Å². The van der Waals surface area contributed by atoms with Gasteiger partial charge in [0.25, 0.3) is 0 Å². The van der Waals surface area contributed by atoms with Crippen molar-refractivity contribution in [3.8, 4) is 5.75 Å². The molecule has 7 nitrogen and oxygen atoms in total. The van der Waals surface area contributed by atoms with Crippen LogP contribution in [0.1, 0.15) is 31.7 Å². The van der Waals surface area contributed by atoms with Gasteiger partial charge < -0.3 is 19.9 Å². The van der Waals surface area contributed by atoms with Gasteiger partial charge in [-0.3, -0.25) is 9.69 Å². The third-order valence-electron chi connectivity index (χ3n) is 6.32. The standard InChI is InChI=1S/C28H37FN4O3/c1-3-4-15-27(34)32(16-9-11-23-10-5-8-14-26(23)36-2)20-17-31-18-21-33(22-19-31)28(35)30-25-13-7-6-12-24(25)29/h5-14H,3-4,15-22H2,1-2H3,(H,30,35)/b11-9+. The van der Waals surface area contributed by atoms with E-state index in [2.05, 4.69) is 17.1 Å². The molecule has 2 aromatic carbocycles. The van der Waals surface area contributed by atoms with E-state index in [0.29, 0.717) is 45.7 Å². The Bertz CT molecular complexity index is 1020. The Labute approximate surface area is 213 Å². The molecule has 194 valence electrons. The zero-order valence-electron chi connectivity index (χ0n) is 21.3. The molecule has 0 saturated carbocycles. The number of methoxy groups -OCH3 is 1. The predicted octanol–water partition coefficient (Wildman–Crippen LogP) is 4.72. The number of nitrogens with zero attached hydrogens (tertiary/aromatic N) is 3. The zero-order valence-corrected chi connectivity index (χ0v) is 21.3. The molecule has 1 fully saturated rings. The second-order valence-electron chi connectivity index (χ2n) is 8.83. The molecule has 0 unspecified atom stereocenters. The Morgan fingerprint density at radius 3 is 2.53 bits per heavy atom. The summed E-state index contributed by atoms with van der Waals surface area (Å²) < 4.78 is 19.2. The van der Waals surface area contributed by atoms with E-state index >= 15 is 0 Å². The van der Waals surface area contributed by atoms with Crippen molar-refractivity contribution >= 4 is 23.7 Å². The van der Waals surface area contributed by atoms with Gasteiger partial charge in [-0.05, 0) is 24.6 Å². The average molecular weight is 497 g/mol. The highest BCUT2D eigenvalue weighted by Gasteiger charge is 2.22. The highest BCUT2D eigenvalue weighted by Crippen LogP contribution is 2.19. The fraction of sp³-hybridized carbons (Fsp3) is 0.429. The van der Waals surface area contributed by atoms with E-state index in [4.69, 9.17) is 4.74 Å². The van der Waals surface area contributed by atoms with Crippen LogP contribution in [0.5, 0.6) is 5.75 Å². The van der Waals surface area contributed by atoms with Crippen molar-refractivity contribution in [1.29, 1.82) is 0 Å². The van der Waals surface area contributed by atoms with Crippen LogP contribution in [0.3, 0.4) is 0 Å². The molecule has 1 aliphatic rings. The minimum atomic E-state index is -0.447. The van der Waals surface area contributed by atoms with E-state index in [0.717, 1.165) is 30.7 Å². The summed E-state index contributed by atoms with van der Waals surface area (Å²) in [4.78, 5) is 31.2. The summed E-state index contributed by atoms with van der Waals surface area (Å²) in [5.74, 6) is 0.510. The molecular formula is C28H37FN4O3. The largest absolute Gasteiger partial charge is 0.496 e. The number of hydrogen-bond acceptors (Lipinski definition) is 4. The van der Waals surface area contributed by atoms with Crippen molar-refractivity contribution in [3.63, 3.8) is 0 Å². The number of amides is 3. The Morgan fingerprint density at radius 1 is 1.08 bits per heavy atom. The Morgan fingerprint density at radius 2 is 1.81 bits per heavy atom. The fourth-order valence-corrected chi connectivity index (χ4v) is 4.11. The van der Waals surface area contributed by atoms with Crippen LogP contribution >= 0.6 is 0 Å². The lowest BCUT2D eigenvalue weighted by atomic mass is 10.2. The first kappa shape index (κ1) is 27.2. The van der Waals surface area contributed by atoms with Crippen molar-refractivity contribution in [1.82, 2.24) is 14.7 Å². The van der Waals surface area contributed by atoms with E-state index < -0.39 is 5.82 Å². The van der Waals surface area contributed by atoms with Crippen molar-refractivity contribution in [2.24, 2.45) is 0 Å². The van der Waals surface area contributed by atoms with Crippen molar-refractivity contribution < 1.29 is 18.7 Å². The molecule has 1 aliphatic heterocycles. The van der Waals surface area contributed by atoms with Crippen LogP contribution in [0.15, 0.2) is 54.6 Å². The first-order valence-electron chi connectivity index (χ1n) is 12.6. The predicted molar refractivity (Wildman–Crippen MR) is 142 cm³/mol. The summed E-state index contributed by atoms with van der Waals surface area (Å²) >= 11 is 0. The Kier molecular flexibility index (Phi) is 10.8. The van der Waals surface area contributed by atoms with E-state index in [9.17, 15) is 14.0 Å². The lowest BCUT2D eigenvalue weighted by Gasteiger charge is -2.35. The first-order valence-corrected chi connectivity index (χ1v) is 12.6. The Hall–Kier alpha value is -3.39. The molecule has 1 saturated heterocycles. The summed E-state index contributed by atoms with van der Waals surface area (Å²) in [6, 6.07) is 13.7. The van der Waals surface area contributed by atoms with Gasteiger partial charge in [0, 0.05) is 57.8 Å². The highest BCUT2D eigenvalue weighted by atomic mass is 19.1. The summed E-state index contributed by atoms with van der Waals surface area (Å²) in [7, 11) is 1.65. The molecule has 1 heterocycles. The van der Waals surface area contributed by atoms with Crippen LogP contribution in [0.25, 0.3) is 6.08 Å². The molecule has 0 bridgehead atoms. The highest BCUT2D eigenvalue weighted by molar-refractivity contribution is 5.89. The third kappa shape index (κ3) is 8.09. The number of hydrogen-bond donors (Lipinski definition) is 1. The summed E-state index contributed by atoms with van der Waals surface area (Å²) in [6.45, 7) is 6.50. The van der Waals surface area contributed by atoms with Crippen molar-refractivity contribution in [3.05, 3.63) is 66.0 Å². The molecule has 8 heteroatoms. The molecule has 3 amide bonds. The fourth-order valence-electron chi connectivity index (χ4n) is 4.11. The molecule has 0 aromatic heterocycles. The molecular weight excluding hydrogens is 459 g/mol. The molecule has 2 aromatic rings. The number of rotatable bonds is 11. The smallest absolute Gasteiger partial charge is 0.322 e. The number of nitrogens with one attached hydrogen (secondary N) is 1. The Balaban J connectivity index is 1.50. The number of urea groups is 1. The van der Waals surface area contributed by atoms with E-state index in [-0.39, 0.29) is 17.6 Å². The molecule has 36 heavy (non-hydrogen) atoms. The lowest BCUT2D eigenvalue weighted by molar-refractivity contribution is -0.131. The summed E-state index contributed by atoms with van der Waals surface area (Å²) in [5.41, 5.74) is 1.16. The minimum Gasteiger partial charge on any atom is -0.496 e. The van der Waals surface area contributed by atoms with Crippen LogP contribution in [-0.2, 0) is 4.79 Å². The molecule has 3 rings (SSSR count). The SMILES string of the molecule is CCCCC(=O)N(C/C=C/c1ccccc1OC)CCN1CCN(C(=O)Nc2ccccc2F)CC1. The summed E-state index contributed by atoms with van der Waals surface area (Å²) in [6.07, 6.45) is 6.40. The number of unbranched alkanes of at least 4 members (excludes halogenated alkanes) is 1. The van der Waals surface area contributed by atoms with Crippen LogP contribution in [-0.4, -0.2) is 79.6 Å². The van der Waals surface area contributed by atoms with Crippen LogP contribution < -0.4 is 10.1 Å². The number of benzene rings is 2. The first-order chi connectivity index (χ1) is 17.5. The van der Waals surface area contributed by atoms with Gasteiger partial charge in [-0.1, -0.05) is 55.8 Å². The topological polar surface area (TPSA) is 65.1 Å². The van der Waals surface area contributed by atoms with E-state index in [1.807, 2.05) is 41.3 Å². The van der Waals surface area contributed by atoms with Gasteiger partial charge in [0.1, 0.15) is 11.6 Å². The number of carbonyl (C=O) groups is 2. The lowest BCUT2D eigenvalue weighted by Crippen LogP contribution is -2.51. The third-order valence-corrected chi connectivity index (χ3v) is 6.32. The van der Waals surface area contributed by atoms with E-state index in [1.54, 1.807) is 30.2 Å². The minimum absolute atomic E-state index is 0.157. The monoisotopic (exact) mass is 496 g/mol. The molecule has 0 spiro atoms. The number of para-hydroxylation sites is 2. The quantitative estimate of drug-likeness (QED) is 0.489. The van der Waals surface area contributed by atoms with Gasteiger partial charge in [0.2, 0.25) is 5.91 Å². The number of anilines is 1. The van der Waals surface area contributed by atoms with Crippen molar-refractivity contribution in [2.45, 2.75) is 26.2 Å².